The van der Waals surface area contributed by atoms with Gasteiger partial charge < -0.3 is 14.6 Å². The minimum Gasteiger partial charge on any atom is -0.452 e. The van der Waals surface area contributed by atoms with Crippen LogP contribution in [0.2, 0.25) is 0 Å². The molecule has 0 saturated carbocycles. The highest BCUT2D eigenvalue weighted by Gasteiger charge is 2.20. The number of hydrogen-bond acceptors (Lipinski definition) is 4. The lowest BCUT2D eigenvalue weighted by Gasteiger charge is -2.10. The van der Waals surface area contributed by atoms with Gasteiger partial charge in [0.05, 0.1) is 28.3 Å². The summed E-state index contributed by atoms with van der Waals surface area (Å²) in [7, 11) is 0. The average molecular weight is 443 g/mol. The van der Waals surface area contributed by atoms with Crippen LogP contribution in [0.5, 0.6) is 0 Å². The number of anilines is 1. The lowest BCUT2D eigenvalue weighted by atomic mass is 10.2. The normalized spacial score (nSPS) is 10.8. The number of benzene rings is 2. The van der Waals surface area contributed by atoms with E-state index in [9.17, 15) is 9.59 Å². The van der Waals surface area contributed by atoms with E-state index in [1.165, 1.54) is 0 Å². The van der Waals surface area contributed by atoms with Gasteiger partial charge in [-0.1, -0.05) is 36.4 Å². The second-order valence-electron chi connectivity index (χ2n) is 7.87. The number of ether oxygens (including phenoxy) is 1. The van der Waals surface area contributed by atoms with Crippen molar-refractivity contribution < 1.29 is 14.3 Å². The smallest absolute Gasteiger partial charge is 0.340 e. The number of aryl methyl sites for hydroxylation is 2. The van der Waals surface area contributed by atoms with Crippen molar-refractivity contribution in [1.82, 2.24) is 14.3 Å². The van der Waals surface area contributed by atoms with Gasteiger partial charge in [0, 0.05) is 17.1 Å². The molecule has 168 valence electrons. The number of nitrogens with one attached hydrogen (secondary N) is 1. The van der Waals surface area contributed by atoms with Crippen LogP contribution in [0, 0.1) is 27.7 Å². The minimum absolute atomic E-state index is 0.386. The average Bonchev–Trinajstić information content (AvgIpc) is 3.28. The van der Waals surface area contributed by atoms with Crippen LogP contribution in [0.1, 0.15) is 33.1 Å². The summed E-state index contributed by atoms with van der Waals surface area (Å²) in [5.74, 6) is -0.951. The first kappa shape index (κ1) is 22.1. The molecule has 0 aliphatic heterocycles. The molecule has 0 bridgehead atoms. The molecule has 2 aromatic heterocycles. The van der Waals surface area contributed by atoms with Gasteiger partial charge in [-0.2, -0.15) is 5.10 Å². The topological polar surface area (TPSA) is 78.2 Å². The Balaban J connectivity index is 1.44. The van der Waals surface area contributed by atoms with Crippen molar-refractivity contribution in [3.63, 3.8) is 0 Å². The van der Waals surface area contributed by atoms with Crippen LogP contribution in [0.4, 0.5) is 5.69 Å². The Bertz CT molecular complexity index is 1300. The van der Waals surface area contributed by atoms with Crippen LogP contribution in [-0.2, 0) is 9.53 Å². The second kappa shape index (κ2) is 9.16. The Labute approximate surface area is 192 Å². The molecule has 0 aliphatic carbocycles. The third-order valence-corrected chi connectivity index (χ3v) is 5.56. The number of aromatic nitrogens is 3. The maximum Gasteiger partial charge on any atom is 0.340 e. The van der Waals surface area contributed by atoms with Crippen LogP contribution >= 0.6 is 0 Å². The van der Waals surface area contributed by atoms with Crippen molar-refractivity contribution in [2.45, 2.75) is 27.7 Å². The van der Waals surface area contributed by atoms with E-state index in [1.807, 2.05) is 92.9 Å². The number of rotatable bonds is 6. The van der Waals surface area contributed by atoms with Crippen molar-refractivity contribution in [3.8, 4) is 11.4 Å². The lowest BCUT2D eigenvalue weighted by Crippen LogP contribution is -2.21. The van der Waals surface area contributed by atoms with E-state index >= 15 is 0 Å². The van der Waals surface area contributed by atoms with Gasteiger partial charge in [-0.05, 0) is 58.0 Å². The molecule has 1 N–H and O–H groups in total. The summed E-state index contributed by atoms with van der Waals surface area (Å²) in [5, 5.41) is 7.35. The summed E-state index contributed by atoms with van der Waals surface area (Å²) in [6.45, 7) is 7.11. The van der Waals surface area contributed by atoms with Crippen LogP contribution < -0.4 is 5.32 Å². The summed E-state index contributed by atoms with van der Waals surface area (Å²) < 4.78 is 9.09. The molecule has 0 unspecified atom stereocenters. The van der Waals surface area contributed by atoms with Gasteiger partial charge >= 0.3 is 5.97 Å². The largest absolute Gasteiger partial charge is 0.452 e. The number of para-hydroxylation sites is 2. The molecular formula is C26H26N4O3. The number of esters is 1. The van der Waals surface area contributed by atoms with Crippen molar-refractivity contribution in [1.29, 1.82) is 0 Å². The fourth-order valence-electron chi connectivity index (χ4n) is 3.97. The fraction of sp³-hybridized carbons (Fsp3) is 0.192. The zero-order chi connectivity index (χ0) is 23.5. The Morgan fingerprint density at radius 2 is 1.48 bits per heavy atom. The maximum absolute atomic E-state index is 12.7. The summed E-state index contributed by atoms with van der Waals surface area (Å²) in [6.07, 6.45) is 0. The molecule has 4 aromatic rings. The monoisotopic (exact) mass is 442 g/mol. The predicted octanol–water partition coefficient (Wildman–Crippen LogP) is 4.69. The summed E-state index contributed by atoms with van der Waals surface area (Å²) in [5.41, 5.74) is 6.07. The summed E-state index contributed by atoms with van der Waals surface area (Å²) in [6, 6.07) is 21.2. The Morgan fingerprint density at radius 1 is 0.879 bits per heavy atom. The SMILES string of the molecule is Cc1nn(-c2ccccc2)c(C)c1NC(=O)COC(=O)c1cc(C)n(-c2ccccc2)c1C. The molecule has 2 heterocycles. The quantitative estimate of drug-likeness (QED) is 0.440. The molecule has 0 spiro atoms. The van der Waals surface area contributed by atoms with Crippen LogP contribution in [0.3, 0.4) is 0 Å². The predicted molar refractivity (Wildman–Crippen MR) is 127 cm³/mol. The number of hydrogen-bond donors (Lipinski definition) is 1. The molecule has 1 amide bonds. The number of carbonyl (C=O) groups is 2. The maximum atomic E-state index is 12.7. The zero-order valence-electron chi connectivity index (χ0n) is 19.1. The molecular weight excluding hydrogens is 416 g/mol. The van der Waals surface area contributed by atoms with Crippen LogP contribution in [-0.4, -0.2) is 32.8 Å². The molecule has 0 aliphatic rings. The van der Waals surface area contributed by atoms with Gasteiger partial charge in [-0.25, -0.2) is 9.48 Å². The zero-order valence-corrected chi connectivity index (χ0v) is 19.1. The van der Waals surface area contributed by atoms with E-state index in [2.05, 4.69) is 10.4 Å². The van der Waals surface area contributed by atoms with Crippen molar-refractivity contribution in [2.24, 2.45) is 0 Å². The van der Waals surface area contributed by atoms with E-state index in [1.54, 1.807) is 10.7 Å². The molecule has 0 atom stereocenters. The van der Waals surface area contributed by atoms with Crippen molar-refractivity contribution in [2.75, 3.05) is 11.9 Å². The molecule has 2 aromatic carbocycles. The van der Waals surface area contributed by atoms with Crippen molar-refractivity contribution in [3.05, 3.63) is 95.1 Å². The molecule has 4 rings (SSSR count). The first-order chi connectivity index (χ1) is 15.9. The van der Waals surface area contributed by atoms with Crippen molar-refractivity contribution >= 4 is 17.6 Å². The van der Waals surface area contributed by atoms with Crippen LogP contribution in [0.15, 0.2) is 66.7 Å². The molecule has 33 heavy (non-hydrogen) atoms. The first-order valence-electron chi connectivity index (χ1n) is 10.7. The molecule has 0 radical (unpaired) electrons. The first-order valence-corrected chi connectivity index (χ1v) is 10.7. The highest BCUT2D eigenvalue weighted by atomic mass is 16.5. The highest BCUT2D eigenvalue weighted by molar-refractivity contribution is 5.96. The van der Waals surface area contributed by atoms with E-state index in [4.69, 9.17) is 4.74 Å². The lowest BCUT2D eigenvalue weighted by molar-refractivity contribution is -0.119. The Morgan fingerprint density at radius 3 is 2.12 bits per heavy atom. The number of amides is 1. The fourth-order valence-corrected chi connectivity index (χ4v) is 3.97. The number of nitrogens with zero attached hydrogens (tertiary/aromatic N) is 3. The Kier molecular flexibility index (Phi) is 6.13. The van der Waals surface area contributed by atoms with E-state index in [0.29, 0.717) is 16.9 Å². The van der Waals surface area contributed by atoms with Gasteiger partial charge in [-0.3, -0.25) is 4.79 Å². The van der Waals surface area contributed by atoms with Gasteiger partial charge in [0.2, 0.25) is 0 Å². The van der Waals surface area contributed by atoms with E-state index < -0.39 is 11.9 Å². The molecule has 0 fully saturated rings. The summed E-state index contributed by atoms with van der Waals surface area (Å²) in [4.78, 5) is 25.3. The van der Waals surface area contributed by atoms with Gasteiger partial charge in [-0.15, -0.1) is 0 Å². The standard InChI is InChI=1S/C26H26N4O3/c1-17-15-23(19(3)29(17)21-11-7-5-8-12-21)26(32)33-16-24(31)27-25-18(2)28-30(20(25)4)22-13-9-6-10-14-22/h5-15H,16H2,1-4H3,(H,27,31). The second-order valence-corrected chi connectivity index (χ2v) is 7.87. The van der Waals surface area contributed by atoms with Gasteiger partial charge in [0.25, 0.3) is 5.91 Å². The summed E-state index contributed by atoms with van der Waals surface area (Å²) >= 11 is 0. The third kappa shape index (κ3) is 4.43. The highest BCUT2D eigenvalue weighted by Crippen LogP contribution is 2.23. The third-order valence-electron chi connectivity index (χ3n) is 5.56. The molecule has 0 saturated heterocycles. The van der Waals surface area contributed by atoms with E-state index in [0.717, 1.165) is 28.5 Å². The van der Waals surface area contributed by atoms with E-state index in [-0.39, 0.29) is 6.61 Å². The molecule has 7 nitrogen and oxygen atoms in total. The minimum atomic E-state index is -0.533. The molecule has 7 heteroatoms. The Hall–Kier alpha value is -4.13. The van der Waals surface area contributed by atoms with Gasteiger partial charge in [0.15, 0.2) is 6.61 Å². The van der Waals surface area contributed by atoms with Crippen LogP contribution in [0.25, 0.3) is 11.4 Å². The number of carbonyl (C=O) groups excluding carboxylic acids is 2. The van der Waals surface area contributed by atoms with Gasteiger partial charge in [0.1, 0.15) is 0 Å².